The Bertz CT molecular complexity index is 1300. The summed E-state index contributed by atoms with van der Waals surface area (Å²) in [4.78, 5) is 27.8. The van der Waals surface area contributed by atoms with Crippen molar-refractivity contribution in [2.75, 3.05) is 26.3 Å². The van der Waals surface area contributed by atoms with E-state index in [0.29, 0.717) is 50.8 Å². The topological polar surface area (TPSA) is 71.8 Å². The number of hydrogen-bond donors (Lipinski definition) is 1. The molecule has 1 N–H and O–H groups in total. The molecule has 1 aromatic carbocycles. The zero-order valence-electron chi connectivity index (χ0n) is 21.5. The summed E-state index contributed by atoms with van der Waals surface area (Å²) < 4.78 is 7.81. The SMILES string of the molecule is O=C(O)c1ccc2c(C3CCCCCC3)c3n(c2c1)CC(C(=O)N1CCOCC1)CC1=C3C=CCC=C1. The summed E-state index contributed by atoms with van der Waals surface area (Å²) >= 11 is 0. The van der Waals surface area contributed by atoms with Gasteiger partial charge in [0.25, 0.3) is 0 Å². The molecule has 3 heterocycles. The van der Waals surface area contributed by atoms with Crippen molar-refractivity contribution < 1.29 is 19.4 Å². The van der Waals surface area contributed by atoms with Crippen molar-refractivity contribution in [1.82, 2.24) is 9.47 Å². The summed E-state index contributed by atoms with van der Waals surface area (Å²) in [6, 6.07) is 5.61. The molecule has 4 aliphatic rings. The van der Waals surface area contributed by atoms with Crippen molar-refractivity contribution in [2.45, 2.75) is 63.8 Å². The van der Waals surface area contributed by atoms with Gasteiger partial charge in [0.15, 0.2) is 0 Å². The van der Waals surface area contributed by atoms with E-state index in [-0.39, 0.29) is 11.8 Å². The number of carbonyl (C=O) groups excluding carboxylic acids is 1. The first-order valence-electron chi connectivity index (χ1n) is 13.9. The van der Waals surface area contributed by atoms with Crippen molar-refractivity contribution >= 4 is 28.4 Å². The lowest BCUT2D eigenvalue weighted by molar-refractivity contribution is -0.140. The van der Waals surface area contributed by atoms with E-state index in [4.69, 9.17) is 4.74 Å². The van der Waals surface area contributed by atoms with Crippen LogP contribution in [0.1, 0.15) is 78.9 Å². The molecule has 2 fully saturated rings. The normalized spacial score (nSPS) is 22.8. The lowest BCUT2D eigenvalue weighted by Gasteiger charge is -2.30. The third kappa shape index (κ3) is 4.56. The van der Waals surface area contributed by atoms with Gasteiger partial charge in [-0.1, -0.05) is 56.1 Å². The molecule has 6 heteroatoms. The highest BCUT2D eigenvalue weighted by atomic mass is 16.5. The maximum absolute atomic E-state index is 13.8. The Kier molecular flexibility index (Phi) is 6.76. The average Bonchev–Trinajstić information content (AvgIpc) is 3.21. The molecule has 2 aliphatic carbocycles. The van der Waals surface area contributed by atoms with Crippen LogP contribution in [0.3, 0.4) is 0 Å². The fourth-order valence-corrected chi connectivity index (χ4v) is 6.81. The van der Waals surface area contributed by atoms with E-state index in [2.05, 4.69) is 28.9 Å². The number of benzene rings is 1. The van der Waals surface area contributed by atoms with Gasteiger partial charge in [0.2, 0.25) is 5.91 Å². The standard InChI is InChI=1S/C31H36N2O4/c34-30(32-14-16-37-17-15-32)24-18-22-10-6-3-7-11-25(22)29-28(21-8-4-1-2-5-9-21)26-13-12-23(31(35)36)19-27(26)33(29)20-24/h6-7,10-13,19,21,24H,1-5,8-9,14-18,20H2,(H,35,36). The molecule has 1 saturated heterocycles. The third-order valence-corrected chi connectivity index (χ3v) is 8.63. The highest BCUT2D eigenvalue weighted by molar-refractivity contribution is 5.99. The fraction of sp³-hybridized carbons (Fsp3) is 0.484. The Morgan fingerprint density at radius 3 is 2.49 bits per heavy atom. The molecule has 37 heavy (non-hydrogen) atoms. The zero-order chi connectivity index (χ0) is 25.4. The molecule has 1 amide bonds. The van der Waals surface area contributed by atoms with Crippen LogP contribution in [-0.2, 0) is 16.1 Å². The van der Waals surface area contributed by atoms with E-state index >= 15 is 0 Å². The van der Waals surface area contributed by atoms with Crippen LogP contribution in [0.15, 0.2) is 48.1 Å². The number of fused-ring (bicyclic) bond motifs is 4. The van der Waals surface area contributed by atoms with Crippen LogP contribution in [0.25, 0.3) is 16.5 Å². The summed E-state index contributed by atoms with van der Waals surface area (Å²) in [6.07, 6.45) is 17.8. The number of amides is 1. The number of morpholine rings is 1. The molecular formula is C31H36N2O4. The monoisotopic (exact) mass is 500 g/mol. The van der Waals surface area contributed by atoms with E-state index in [9.17, 15) is 14.7 Å². The smallest absolute Gasteiger partial charge is 0.335 e. The number of aromatic carboxylic acids is 1. The first-order chi connectivity index (χ1) is 18.1. The molecule has 194 valence electrons. The Hall–Kier alpha value is -3.12. The molecule has 1 unspecified atom stereocenters. The second-order valence-electron chi connectivity index (χ2n) is 10.9. The van der Waals surface area contributed by atoms with Gasteiger partial charge in [-0.25, -0.2) is 4.79 Å². The number of aromatic nitrogens is 1. The number of carbonyl (C=O) groups is 2. The van der Waals surface area contributed by atoms with Gasteiger partial charge in [0, 0.05) is 36.1 Å². The summed E-state index contributed by atoms with van der Waals surface area (Å²) in [6.45, 7) is 2.99. The summed E-state index contributed by atoms with van der Waals surface area (Å²) in [5, 5.41) is 11.0. The number of ether oxygens (including phenoxy) is 1. The number of carboxylic acids is 1. The van der Waals surface area contributed by atoms with Crippen molar-refractivity contribution in [3.8, 4) is 0 Å². The summed E-state index contributed by atoms with van der Waals surface area (Å²) in [5.41, 5.74) is 6.24. The fourth-order valence-electron chi connectivity index (χ4n) is 6.81. The summed E-state index contributed by atoms with van der Waals surface area (Å²) in [7, 11) is 0. The number of rotatable bonds is 3. The zero-order valence-corrected chi connectivity index (χ0v) is 21.5. The van der Waals surface area contributed by atoms with Gasteiger partial charge >= 0.3 is 5.97 Å². The largest absolute Gasteiger partial charge is 0.478 e. The molecule has 0 bridgehead atoms. The molecule has 2 aromatic rings. The molecule has 6 nitrogen and oxygen atoms in total. The molecule has 6 rings (SSSR count). The molecule has 0 radical (unpaired) electrons. The second kappa shape index (κ2) is 10.3. The first kappa shape index (κ1) is 24.2. The van der Waals surface area contributed by atoms with Crippen LogP contribution in [0.5, 0.6) is 0 Å². The quantitative estimate of drug-likeness (QED) is 0.531. The Balaban J connectivity index is 1.57. The van der Waals surface area contributed by atoms with Crippen LogP contribution in [0.4, 0.5) is 0 Å². The van der Waals surface area contributed by atoms with Gasteiger partial charge < -0.3 is 19.3 Å². The maximum Gasteiger partial charge on any atom is 0.335 e. The number of hydrogen-bond acceptors (Lipinski definition) is 3. The highest BCUT2D eigenvalue weighted by Gasteiger charge is 2.35. The maximum atomic E-state index is 13.8. The predicted octanol–water partition coefficient (Wildman–Crippen LogP) is 5.93. The van der Waals surface area contributed by atoms with Crippen LogP contribution in [-0.4, -0.2) is 52.8 Å². The van der Waals surface area contributed by atoms with E-state index in [1.807, 2.05) is 17.0 Å². The predicted molar refractivity (Wildman–Crippen MR) is 145 cm³/mol. The number of nitrogens with zero attached hydrogens (tertiary/aromatic N) is 2. The molecule has 2 aliphatic heterocycles. The van der Waals surface area contributed by atoms with Gasteiger partial charge in [-0.05, 0) is 54.9 Å². The minimum Gasteiger partial charge on any atom is -0.478 e. The average molecular weight is 501 g/mol. The van der Waals surface area contributed by atoms with E-state index < -0.39 is 5.97 Å². The highest BCUT2D eigenvalue weighted by Crippen LogP contribution is 2.46. The molecule has 1 atom stereocenters. The van der Waals surface area contributed by atoms with Crippen molar-refractivity contribution in [3.05, 3.63) is 64.9 Å². The van der Waals surface area contributed by atoms with Gasteiger partial charge in [-0.3, -0.25) is 4.79 Å². The Morgan fingerprint density at radius 2 is 1.73 bits per heavy atom. The van der Waals surface area contributed by atoms with E-state index in [0.717, 1.165) is 30.2 Å². The van der Waals surface area contributed by atoms with Crippen molar-refractivity contribution in [1.29, 1.82) is 0 Å². The van der Waals surface area contributed by atoms with E-state index in [1.54, 1.807) is 6.07 Å². The molecule has 1 aromatic heterocycles. The Morgan fingerprint density at radius 1 is 0.973 bits per heavy atom. The van der Waals surface area contributed by atoms with Crippen LogP contribution < -0.4 is 0 Å². The molecule has 0 spiro atoms. The minimum absolute atomic E-state index is 0.178. The second-order valence-corrected chi connectivity index (χ2v) is 10.9. The van der Waals surface area contributed by atoms with Crippen LogP contribution in [0, 0.1) is 5.92 Å². The first-order valence-corrected chi connectivity index (χ1v) is 13.9. The lowest BCUT2D eigenvalue weighted by Crippen LogP contribution is -2.44. The number of carboxylic acid groups (broad SMARTS) is 1. The van der Waals surface area contributed by atoms with Gasteiger partial charge in [0.05, 0.1) is 30.4 Å². The van der Waals surface area contributed by atoms with E-state index in [1.165, 1.54) is 48.1 Å². The van der Waals surface area contributed by atoms with Crippen molar-refractivity contribution in [2.24, 2.45) is 5.92 Å². The van der Waals surface area contributed by atoms with Crippen LogP contribution in [0.2, 0.25) is 0 Å². The summed E-state index contributed by atoms with van der Waals surface area (Å²) in [5.74, 6) is -0.499. The lowest BCUT2D eigenvalue weighted by atomic mass is 9.86. The molecule has 1 saturated carbocycles. The van der Waals surface area contributed by atoms with Gasteiger partial charge in [-0.2, -0.15) is 0 Å². The molecular weight excluding hydrogens is 464 g/mol. The van der Waals surface area contributed by atoms with Gasteiger partial charge in [0.1, 0.15) is 0 Å². The van der Waals surface area contributed by atoms with Gasteiger partial charge in [-0.15, -0.1) is 0 Å². The minimum atomic E-state index is -0.916. The van der Waals surface area contributed by atoms with Crippen molar-refractivity contribution in [3.63, 3.8) is 0 Å². The van der Waals surface area contributed by atoms with Crippen LogP contribution >= 0.6 is 0 Å². The third-order valence-electron chi connectivity index (χ3n) is 8.63. The number of allylic oxidation sites excluding steroid dienone is 6. The Labute approximate surface area is 218 Å².